The van der Waals surface area contributed by atoms with Gasteiger partial charge < -0.3 is 35.6 Å². The zero-order valence-electron chi connectivity index (χ0n) is 10.1. The molecule has 1 aromatic rings. The summed E-state index contributed by atoms with van der Waals surface area (Å²) in [6.07, 6.45) is -6.44. The average Bonchev–Trinajstić information content (AvgIpc) is 2.42. The van der Waals surface area contributed by atoms with Crippen molar-refractivity contribution in [3.8, 4) is 5.75 Å². The Kier molecular flexibility index (Phi) is 4.23. The van der Waals surface area contributed by atoms with Gasteiger partial charge in [0, 0.05) is 5.69 Å². The summed E-state index contributed by atoms with van der Waals surface area (Å²) in [5.74, 6) is 0.388. The predicted octanol–water partition coefficient (Wildman–Crippen LogP) is -1.55. The minimum absolute atomic E-state index is 0.388. The Balaban J connectivity index is 2.08. The van der Waals surface area contributed by atoms with Crippen LogP contribution in [-0.2, 0) is 4.74 Å². The molecule has 0 aliphatic carbocycles. The second kappa shape index (κ2) is 5.72. The minimum atomic E-state index is -1.45. The number of rotatable bonds is 3. The first kappa shape index (κ1) is 14.0. The largest absolute Gasteiger partial charge is 0.462 e. The lowest BCUT2D eigenvalue weighted by atomic mass is 9.99. The van der Waals surface area contributed by atoms with E-state index in [1.54, 1.807) is 24.3 Å². The van der Waals surface area contributed by atoms with Crippen molar-refractivity contribution in [2.75, 3.05) is 12.3 Å². The van der Waals surface area contributed by atoms with E-state index in [1.807, 2.05) is 0 Å². The standard InChI is InChI=1S/C12H17NO6/c13-6-1-3-7(4-2-6)18-12-11(17)10(16)9(15)8(5-14)19-12/h1-4,8-12,14-17H,5,13H2/t8?,9-,10+,11+,12+/m1/s1. The summed E-state index contributed by atoms with van der Waals surface area (Å²) < 4.78 is 10.6. The molecule has 0 amide bonds. The maximum Gasteiger partial charge on any atom is 0.229 e. The highest BCUT2D eigenvalue weighted by Gasteiger charge is 2.44. The molecular formula is C12H17NO6. The summed E-state index contributed by atoms with van der Waals surface area (Å²) in [4.78, 5) is 0. The minimum Gasteiger partial charge on any atom is -0.462 e. The molecule has 0 radical (unpaired) electrons. The van der Waals surface area contributed by atoms with Crippen LogP contribution in [0.2, 0.25) is 0 Å². The Morgan fingerprint density at radius 1 is 1.05 bits per heavy atom. The second-order valence-corrected chi connectivity index (χ2v) is 4.38. The number of hydrogen-bond acceptors (Lipinski definition) is 7. The Hall–Kier alpha value is -1.38. The Morgan fingerprint density at radius 2 is 1.68 bits per heavy atom. The third-order valence-corrected chi connectivity index (χ3v) is 2.98. The van der Waals surface area contributed by atoms with Crippen LogP contribution < -0.4 is 10.5 Å². The molecule has 106 valence electrons. The van der Waals surface area contributed by atoms with Gasteiger partial charge in [-0.05, 0) is 24.3 Å². The fourth-order valence-electron chi connectivity index (χ4n) is 1.85. The lowest BCUT2D eigenvalue weighted by Gasteiger charge is -2.39. The first-order chi connectivity index (χ1) is 9.02. The van der Waals surface area contributed by atoms with Gasteiger partial charge in [-0.2, -0.15) is 0 Å². The van der Waals surface area contributed by atoms with Crippen molar-refractivity contribution in [2.24, 2.45) is 0 Å². The van der Waals surface area contributed by atoms with Crippen LogP contribution in [0, 0.1) is 0 Å². The molecule has 0 spiro atoms. The molecule has 19 heavy (non-hydrogen) atoms. The molecule has 7 heteroatoms. The van der Waals surface area contributed by atoms with Gasteiger partial charge in [0.15, 0.2) is 0 Å². The molecule has 1 fully saturated rings. The van der Waals surface area contributed by atoms with Gasteiger partial charge in [0.25, 0.3) is 0 Å². The summed E-state index contributed by atoms with van der Waals surface area (Å²) in [7, 11) is 0. The summed E-state index contributed by atoms with van der Waals surface area (Å²) >= 11 is 0. The second-order valence-electron chi connectivity index (χ2n) is 4.38. The zero-order chi connectivity index (χ0) is 14.0. The molecule has 1 unspecified atom stereocenters. The molecular weight excluding hydrogens is 254 g/mol. The number of ether oxygens (including phenoxy) is 2. The highest BCUT2D eigenvalue weighted by molar-refractivity contribution is 5.41. The van der Waals surface area contributed by atoms with Gasteiger partial charge >= 0.3 is 0 Å². The topological polar surface area (TPSA) is 125 Å². The summed E-state index contributed by atoms with van der Waals surface area (Å²) in [6, 6.07) is 6.38. The maximum atomic E-state index is 9.77. The van der Waals surface area contributed by atoms with Gasteiger partial charge in [-0.3, -0.25) is 0 Å². The number of aliphatic hydroxyl groups is 4. The van der Waals surface area contributed by atoms with E-state index in [1.165, 1.54) is 0 Å². The van der Waals surface area contributed by atoms with Crippen LogP contribution in [0.3, 0.4) is 0 Å². The van der Waals surface area contributed by atoms with Crippen molar-refractivity contribution in [3.05, 3.63) is 24.3 Å². The first-order valence-corrected chi connectivity index (χ1v) is 5.85. The van der Waals surface area contributed by atoms with Crippen molar-refractivity contribution < 1.29 is 29.9 Å². The molecule has 0 saturated carbocycles. The molecule has 6 N–H and O–H groups in total. The van der Waals surface area contributed by atoms with Gasteiger partial charge in [-0.25, -0.2) is 0 Å². The quantitative estimate of drug-likeness (QED) is 0.421. The Labute approximate surface area is 109 Å². The van der Waals surface area contributed by atoms with Crippen molar-refractivity contribution >= 4 is 5.69 Å². The van der Waals surface area contributed by atoms with Gasteiger partial charge in [0.05, 0.1) is 6.61 Å². The van der Waals surface area contributed by atoms with E-state index in [0.717, 1.165) is 0 Å². The molecule has 5 atom stereocenters. The zero-order valence-corrected chi connectivity index (χ0v) is 10.1. The van der Waals surface area contributed by atoms with Crippen LogP contribution in [0.5, 0.6) is 5.75 Å². The Bertz CT molecular complexity index is 409. The van der Waals surface area contributed by atoms with Crippen LogP contribution in [0.1, 0.15) is 0 Å². The summed E-state index contributed by atoms with van der Waals surface area (Å²) in [6.45, 7) is -0.494. The average molecular weight is 271 g/mol. The van der Waals surface area contributed by atoms with Gasteiger partial charge in [0.2, 0.25) is 6.29 Å². The van der Waals surface area contributed by atoms with Gasteiger partial charge in [-0.15, -0.1) is 0 Å². The molecule has 2 rings (SSSR count). The SMILES string of the molecule is Nc1ccc(O[C@H]2OC(CO)[C@@H](O)[C@H](O)[C@@H]2O)cc1. The number of benzene rings is 1. The lowest BCUT2D eigenvalue weighted by Crippen LogP contribution is -2.60. The number of hydrogen-bond donors (Lipinski definition) is 5. The van der Waals surface area contributed by atoms with E-state index >= 15 is 0 Å². The molecule has 0 bridgehead atoms. The van der Waals surface area contributed by atoms with Crippen LogP contribution in [0.25, 0.3) is 0 Å². The van der Waals surface area contributed by atoms with Crippen LogP contribution in [0.4, 0.5) is 5.69 Å². The number of nitrogens with two attached hydrogens (primary N) is 1. The monoisotopic (exact) mass is 271 g/mol. The molecule has 1 saturated heterocycles. The molecule has 1 aliphatic heterocycles. The van der Waals surface area contributed by atoms with Crippen LogP contribution in [-0.4, -0.2) is 57.7 Å². The summed E-state index contributed by atoms with van der Waals surface area (Å²) in [5.41, 5.74) is 6.09. The lowest BCUT2D eigenvalue weighted by molar-refractivity contribution is -0.277. The third kappa shape index (κ3) is 2.96. The summed E-state index contributed by atoms with van der Waals surface area (Å²) in [5, 5.41) is 38.0. The highest BCUT2D eigenvalue weighted by atomic mass is 16.7. The van der Waals surface area contributed by atoms with Gasteiger partial charge in [0.1, 0.15) is 30.2 Å². The van der Waals surface area contributed by atoms with Crippen LogP contribution >= 0.6 is 0 Å². The molecule has 1 aromatic carbocycles. The predicted molar refractivity (Wildman–Crippen MR) is 65.2 cm³/mol. The highest BCUT2D eigenvalue weighted by Crippen LogP contribution is 2.24. The molecule has 0 aromatic heterocycles. The fraction of sp³-hybridized carbons (Fsp3) is 0.500. The first-order valence-electron chi connectivity index (χ1n) is 5.85. The molecule has 7 nitrogen and oxygen atoms in total. The fourth-order valence-corrected chi connectivity index (χ4v) is 1.85. The molecule has 1 aliphatic rings. The maximum absolute atomic E-state index is 9.77. The number of aliphatic hydroxyl groups excluding tert-OH is 4. The molecule has 1 heterocycles. The van der Waals surface area contributed by atoms with E-state index < -0.39 is 37.3 Å². The Morgan fingerprint density at radius 3 is 2.26 bits per heavy atom. The van der Waals surface area contributed by atoms with E-state index in [0.29, 0.717) is 11.4 Å². The third-order valence-electron chi connectivity index (χ3n) is 2.98. The van der Waals surface area contributed by atoms with Crippen molar-refractivity contribution in [1.82, 2.24) is 0 Å². The van der Waals surface area contributed by atoms with Crippen molar-refractivity contribution in [3.63, 3.8) is 0 Å². The number of nitrogen functional groups attached to an aromatic ring is 1. The van der Waals surface area contributed by atoms with E-state index in [9.17, 15) is 15.3 Å². The van der Waals surface area contributed by atoms with Crippen molar-refractivity contribution in [1.29, 1.82) is 0 Å². The van der Waals surface area contributed by atoms with E-state index in [-0.39, 0.29) is 0 Å². The van der Waals surface area contributed by atoms with Crippen molar-refractivity contribution in [2.45, 2.75) is 30.7 Å². The van der Waals surface area contributed by atoms with Crippen LogP contribution in [0.15, 0.2) is 24.3 Å². The van der Waals surface area contributed by atoms with E-state index in [4.69, 9.17) is 20.3 Å². The number of anilines is 1. The normalized spacial score (nSPS) is 35.1. The van der Waals surface area contributed by atoms with E-state index in [2.05, 4.69) is 0 Å². The smallest absolute Gasteiger partial charge is 0.229 e. The van der Waals surface area contributed by atoms with Gasteiger partial charge in [-0.1, -0.05) is 0 Å².